The van der Waals surface area contributed by atoms with Crippen molar-refractivity contribution in [1.82, 2.24) is 0 Å². The van der Waals surface area contributed by atoms with Crippen LogP contribution in [0.4, 0.5) is 0 Å². The van der Waals surface area contributed by atoms with Gasteiger partial charge in [-0.1, -0.05) is 0 Å². The van der Waals surface area contributed by atoms with E-state index < -0.39 is 60.9 Å². The third-order valence-electron chi connectivity index (χ3n) is 3.08. The van der Waals surface area contributed by atoms with E-state index in [1.54, 1.807) is 0 Å². The summed E-state index contributed by atoms with van der Waals surface area (Å²) in [6.07, 6.45) is -5.41. The van der Waals surface area contributed by atoms with Crippen molar-refractivity contribution in [3.63, 3.8) is 0 Å². The molecule has 0 spiro atoms. The molecule has 0 rings (SSSR count). The molecule has 0 aromatic rings. The van der Waals surface area contributed by atoms with Gasteiger partial charge in [0.1, 0.15) is 6.61 Å². The predicted molar refractivity (Wildman–Crippen MR) is 90.7 cm³/mol. The van der Waals surface area contributed by atoms with Crippen LogP contribution in [-0.4, -0.2) is 74.6 Å². The molecule has 28 heavy (non-hydrogen) atoms. The Labute approximate surface area is 162 Å². The van der Waals surface area contributed by atoms with Gasteiger partial charge in [0.2, 0.25) is 0 Å². The van der Waals surface area contributed by atoms with Crippen molar-refractivity contribution < 1.29 is 52.4 Å². The zero-order chi connectivity index (χ0) is 21.9. The molecule has 0 aliphatic heterocycles. The number of esters is 5. The van der Waals surface area contributed by atoms with E-state index in [0.717, 1.165) is 34.6 Å². The molecule has 0 heterocycles. The smallest absolute Gasteiger partial charge is 0.303 e. The first-order valence-electron chi connectivity index (χ1n) is 8.29. The molecule has 0 aliphatic rings. The molecule has 0 fully saturated rings. The van der Waals surface area contributed by atoms with Gasteiger partial charge in [-0.05, 0) is 0 Å². The van der Waals surface area contributed by atoms with Crippen molar-refractivity contribution >= 4 is 29.8 Å². The largest absolute Gasteiger partial charge is 0.462 e. The summed E-state index contributed by atoms with van der Waals surface area (Å²) < 4.78 is 30.4. The Hall–Kier alpha value is -2.69. The van der Waals surface area contributed by atoms with Crippen molar-refractivity contribution in [1.29, 1.82) is 0 Å². The predicted octanol–water partition coefficient (Wildman–Crippen LogP) is -0.0773. The molecule has 0 saturated carbocycles. The normalized spacial score (nSPS) is 14.6. The maximum atomic E-state index is 11.6. The van der Waals surface area contributed by atoms with Gasteiger partial charge in [0.25, 0.3) is 0 Å². The molecule has 0 unspecified atom stereocenters. The lowest BCUT2D eigenvalue weighted by atomic mass is 10.0. The average Bonchev–Trinajstić information content (AvgIpc) is 2.53. The maximum absolute atomic E-state index is 11.6. The van der Waals surface area contributed by atoms with Crippen LogP contribution in [-0.2, 0) is 52.4 Å². The highest BCUT2D eigenvalue weighted by Crippen LogP contribution is 2.20. The van der Waals surface area contributed by atoms with Crippen LogP contribution in [0, 0.1) is 0 Å². The minimum absolute atomic E-state index is 0.227. The Morgan fingerprint density at radius 3 is 1.21 bits per heavy atom. The number of methoxy groups -OCH3 is 1. The molecular formula is C17H26O11. The fourth-order valence-corrected chi connectivity index (χ4v) is 2.27. The van der Waals surface area contributed by atoms with Gasteiger partial charge in [-0.15, -0.1) is 0 Å². The number of carbonyl (C=O) groups excluding carboxylic acids is 5. The van der Waals surface area contributed by atoms with Crippen LogP contribution in [0.25, 0.3) is 0 Å². The van der Waals surface area contributed by atoms with Crippen LogP contribution in [0.3, 0.4) is 0 Å². The van der Waals surface area contributed by atoms with E-state index in [0.29, 0.717) is 0 Å². The molecule has 0 N–H and O–H groups in total. The molecule has 11 heteroatoms. The summed E-state index contributed by atoms with van der Waals surface area (Å²) in [4.78, 5) is 57.3. The summed E-state index contributed by atoms with van der Waals surface area (Å²) >= 11 is 0. The number of hydrogen-bond acceptors (Lipinski definition) is 11. The van der Waals surface area contributed by atoms with Gasteiger partial charge in [-0.2, -0.15) is 0 Å². The first kappa shape index (κ1) is 25.3. The quantitative estimate of drug-likeness (QED) is 0.336. The summed E-state index contributed by atoms with van der Waals surface area (Å²) in [5.74, 6) is -3.77. The lowest BCUT2D eigenvalue weighted by Gasteiger charge is -2.35. The summed E-state index contributed by atoms with van der Waals surface area (Å²) in [5, 5.41) is 0. The van der Waals surface area contributed by atoms with Gasteiger partial charge in [0, 0.05) is 41.7 Å². The number of carbonyl (C=O) groups is 5. The van der Waals surface area contributed by atoms with Crippen LogP contribution in [0.1, 0.15) is 34.6 Å². The molecule has 0 radical (unpaired) electrons. The van der Waals surface area contributed by atoms with Gasteiger partial charge in [-0.25, -0.2) is 0 Å². The number of ether oxygens (including phenoxy) is 6. The second-order valence-electron chi connectivity index (χ2n) is 5.70. The fourth-order valence-electron chi connectivity index (χ4n) is 2.27. The molecule has 0 aliphatic carbocycles. The first-order chi connectivity index (χ1) is 13.0. The topological polar surface area (TPSA) is 141 Å². The minimum Gasteiger partial charge on any atom is -0.462 e. The first-order valence-corrected chi connectivity index (χ1v) is 8.29. The molecule has 0 aromatic carbocycles. The summed E-state index contributed by atoms with van der Waals surface area (Å²) in [6.45, 7) is 4.78. The molecule has 0 bridgehead atoms. The zero-order valence-electron chi connectivity index (χ0n) is 16.7. The van der Waals surface area contributed by atoms with Crippen molar-refractivity contribution in [2.45, 2.75) is 59.0 Å². The van der Waals surface area contributed by atoms with Crippen LogP contribution in [0.2, 0.25) is 0 Å². The third-order valence-corrected chi connectivity index (χ3v) is 3.08. The SMILES string of the molecule is COC[C@@H](OC(C)=O)[C@@H](OC(C)=O)[C@H](OC(C)=O)[C@H](COC(C)=O)OC(C)=O. The van der Waals surface area contributed by atoms with Crippen LogP contribution >= 0.6 is 0 Å². The van der Waals surface area contributed by atoms with Gasteiger partial charge in [-0.3, -0.25) is 24.0 Å². The fraction of sp³-hybridized carbons (Fsp3) is 0.706. The van der Waals surface area contributed by atoms with E-state index >= 15 is 0 Å². The van der Waals surface area contributed by atoms with E-state index in [4.69, 9.17) is 28.4 Å². The summed E-state index contributed by atoms with van der Waals surface area (Å²) in [7, 11) is 1.31. The van der Waals surface area contributed by atoms with E-state index in [1.165, 1.54) is 7.11 Å². The van der Waals surface area contributed by atoms with E-state index in [1.807, 2.05) is 0 Å². The third kappa shape index (κ3) is 10.5. The van der Waals surface area contributed by atoms with E-state index in [9.17, 15) is 24.0 Å². The lowest BCUT2D eigenvalue weighted by Crippen LogP contribution is -2.54. The maximum Gasteiger partial charge on any atom is 0.303 e. The molecular weight excluding hydrogens is 380 g/mol. The Bertz CT molecular complexity index is 571. The number of hydrogen-bond donors (Lipinski definition) is 0. The van der Waals surface area contributed by atoms with Gasteiger partial charge < -0.3 is 28.4 Å². The highest BCUT2D eigenvalue weighted by Gasteiger charge is 2.43. The zero-order valence-corrected chi connectivity index (χ0v) is 16.7. The average molecular weight is 406 g/mol. The van der Waals surface area contributed by atoms with E-state index in [-0.39, 0.29) is 6.61 Å². The summed E-state index contributed by atoms with van der Waals surface area (Å²) in [6, 6.07) is 0. The monoisotopic (exact) mass is 406 g/mol. The van der Waals surface area contributed by atoms with Crippen LogP contribution in [0.5, 0.6) is 0 Å². The van der Waals surface area contributed by atoms with Crippen molar-refractivity contribution in [3.05, 3.63) is 0 Å². The van der Waals surface area contributed by atoms with Crippen molar-refractivity contribution in [2.24, 2.45) is 0 Å². The molecule has 0 aromatic heterocycles. The van der Waals surface area contributed by atoms with Gasteiger partial charge >= 0.3 is 29.8 Å². The molecule has 0 saturated heterocycles. The van der Waals surface area contributed by atoms with Gasteiger partial charge in [0.15, 0.2) is 24.4 Å². The Kier molecular flexibility index (Phi) is 11.4. The Balaban J connectivity index is 6.06. The van der Waals surface area contributed by atoms with Crippen molar-refractivity contribution in [3.8, 4) is 0 Å². The molecule has 11 nitrogen and oxygen atoms in total. The molecule has 160 valence electrons. The minimum atomic E-state index is -1.45. The molecule has 0 amide bonds. The standard InChI is InChI=1S/C17H26O11/c1-9(18)24-8-15(26-11(3)20)17(28-13(5)22)16(27-12(4)21)14(7-23-6)25-10(2)19/h14-17H,7-8H2,1-6H3/t14-,15+,16-,17-/m1/s1. The van der Waals surface area contributed by atoms with Crippen molar-refractivity contribution in [2.75, 3.05) is 20.3 Å². The van der Waals surface area contributed by atoms with Crippen LogP contribution < -0.4 is 0 Å². The lowest BCUT2D eigenvalue weighted by molar-refractivity contribution is -0.205. The molecule has 4 atom stereocenters. The highest BCUT2D eigenvalue weighted by molar-refractivity contribution is 5.69. The second kappa shape index (κ2) is 12.7. The van der Waals surface area contributed by atoms with Gasteiger partial charge in [0.05, 0.1) is 6.61 Å². The second-order valence-corrected chi connectivity index (χ2v) is 5.70. The Morgan fingerprint density at radius 2 is 0.929 bits per heavy atom. The number of rotatable bonds is 11. The Morgan fingerprint density at radius 1 is 0.571 bits per heavy atom. The summed E-state index contributed by atoms with van der Waals surface area (Å²) in [5.41, 5.74) is 0. The van der Waals surface area contributed by atoms with E-state index in [2.05, 4.69) is 0 Å². The highest BCUT2D eigenvalue weighted by atomic mass is 16.6. The van der Waals surface area contributed by atoms with Crippen LogP contribution in [0.15, 0.2) is 0 Å².